The molecule has 0 spiro atoms. The molecule has 0 aliphatic carbocycles. The van der Waals surface area contributed by atoms with Crippen LogP contribution in [0.3, 0.4) is 0 Å². The quantitative estimate of drug-likeness (QED) is 0.288. The number of hydrogen-bond acceptors (Lipinski definition) is 2. The van der Waals surface area contributed by atoms with Crippen LogP contribution in [0.2, 0.25) is 0 Å². The van der Waals surface area contributed by atoms with Gasteiger partial charge in [-0.1, -0.05) is 0 Å². The topological polar surface area (TPSA) is 3.24 Å². The first-order valence-corrected chi connectivity index (χ1v) is 3.13. The largest absolute Gasteiger partial charge is 1.00 e. The van der Waals surface area contributed by atoms with E-state index in [0.29, 0.717) is 0 Å². The molecule has 1 aliphatic rings. The van der Waals surface area contributed by atoms with E-state index in [2.05, 4.69) is 23.1 Å². The molecule has 0 bridgehead atoms. The fourth-order valence-electron chi connectivity index (χ4n) is 0.386. The second-order valence-electron chi connectivity index (χ2n) is 1.61. The molecule has 3 heteroatoms. The average molecular weight is 121 g/mol. The molecule has 0 aromatic heterocycles. The summed E-state index contributed by atoms with van der Waals surface area (Å²) in [6.45, 7) is 2.09. The Balaban J connectivity index is 0.000000490. The molecule has 0 atom stereocenters. The Hall–Kier alpha value is 0.487. The maximum Gasteiger partial charge on any atom is 1.00 e. The molecule has 0 amide bonds. The summed E-state index contributed by atoms with van der Waals surface area (Å²) in [5.41, 5.74) is 1.32. The second-order valence-corrected chi connectivity index (χ2v) is 2.33. The number of nitrogens with zero attached hydrogens (tertiary/aromatic N) is 1. The molecule has 0 saturated heterocycles. The third kappa shape index (κ3) is 1.78. The Morgan fingerprint density at radius 1 is 1.75 bits per heavy atom. The van der Waals surface area contributed by atoms with Crippen molar-refractivity contribution in [3.63, 3.8) is 0 Å². The third-order valence-corrected chi connectivity index (χ3v) is 1.93. The molecule has 1 rings (SSSR count). The molecule has 0 unspecified atom stereocenters. The van der Waals surface area contributed by atoms with E-state index in [-0.39, 0.29) is 18.9 Å². The van der Waals surface area contributed by atoms with Gasteiger partial charge in [0.1, 0.15) is 0 Å². The Kier molecular flexibility index (Phi) is 3.71. The van der Waals surface area contributed by atoms with Gasteiger partial charge in [0.25, 0.3) is 0 Å². The number of rotatable bonds is 0. The number of hydrogen-bond donors (Lipinski definition) is 0. The van der Waals surface area contributed by atoms with Crippen LogP contribution >= 0.6 is 11.8 Å². The standard InChI is InChI=1S/C5H8NS.Li/c1-5-3-7-4-6(5)2;/h3-4H,1-2H3;/q-1;+1. The van der Waals surface area contributed by atoms with Crippen LogP contribution in [0.4, 0.5) is 0 Å². The van der Waals surface area contributed by atoms with Crippen LogP contribution in [-0.2, 0) is 0 Å². The molecule has 0 aromatic carbocycles. The normalized spacial score (nSPS) is 17.8. The number of thioether (sulfide) groups is 1. The molecule has 1 aliphatic heterocycles. The van der Waals surface area contributed by atoms with Crippen LogP contribution in [0.1, 0.15) is 6.92 Å². The Bertz CT molecular complexity index is 103. The molecule has 8 heavy (non-hydrogen) atoms. The van der Waals surface area contributed by atoms with E-state index in [1.54, 1.807) is 11.8 Å². The van der Waals surface area contributed by atoms with Crippen LogP contribution in [0.5, 0.6) is 0 Å². The van der Waals surface area contributed by atoms with Gasteiger partial charge in [-0.15, -0.1) is 0 Å². The summed E-state index contributed by atoms with van der Waals surface area (Å²) in [5.74, 6) is 2.08. The van der Waals surface area contributed by atoms with Crippen molar-refractivity contribution in [2.45, 2.75) is 6.92 Å². The fraction of sp³-hybridized carbons (Fsp3) is 0.400. The molecular weight excluding hydrogens is 113 g/mol. The maximum absolute atomic E-state index is 2.12. The van der Waals surface area contributed by atoms with Crippen LogP contribution in [0.15, 0.2) is 11.1 Å². The zero-order valence-electron chi connectivity index (χ0n) is 5.51. The van der Waals surface area contributed by atoms with Gasteiger partial charge in [-0.05, 0) is 25.1 Å². The van der Waals surface area contributed by atoms with Gasteiger partial charge < -0.3 is 16.7 Å². The average Bonchev–Trinajstić information content (AvgIpc) is 1.91. The predicted molar refractivity (Wildman–Crippen MR) is 33.4 cm³/mol. The van der Waals surface area contributed by atoms with E-state index in [4.69, 9.17) is 0 Å². The van der Waals surface area contributed by atoms with E-state index in [1.165, 1.54) is 5.70 Å². The van der Waals surface area contributed by atoms with E-state index in [9.17, 15) is 0 Å². The van der Waals surface area contributed by atoms with E-state index < -0.39 is 0 Å². The molecule has 1 nitrogen and oxygen atoms in total. The van der Waals surface area contributed by atoms with Gasteiger partial charge in [0.15, 0.2) is 0 Å². The van der Waals surface area contributed by atoms with Crippen molar-refractivity contribution in [2.24, 2.45) is 0 Å². The smallest absolute Gasteiger partial charge is 0.518 e. The summed E-state index contributed by atoms with van der Waals surface area (Å²) in [4.78, 5) is 2.10. The van der Waals surface area contributed by atoms with Crippen LogP contribution in [-0.4, -0.2) is 11.9 Å². The van der Waals surface area contributed by atoms with Crippen molar-refractivity contribution in [3.05, 3.63) is 17.0 Å². The molecule has 0 N–H and O–H groups in total. The van der Waals surface area contributed by atoms with Crippen molar-refractivity contribution >= 4 is 11.8 Å². The fourth-order valence-corrected chi connectivity index (χ4v) is 1.16. The van der Waals surface area contributed by atoms with Crippen LogP contribution in [0, 0.1) is 5.88 Å². The van der Waals surface area contributed by atoms with Gasteiger partial charge in [0.2, 0.25) is 0 Å². The summed E-state index contributed by atoms with van der Waals surface area (Å²) in [7, 11) is 2.05. The summed E-state index contributed by atoms with van der Waals surface area (Å²) >= 11 is 1.73. The zero-order valence-corrected chi connectivity index (χ0v) is 6.33. The second kappa shape index (κ2) is 3.50. The SMILES string of the molecule is CC1=CS[CH-]N1C.[Li+]. The van der Waals surface area contributed by atoms with E-state index >= 15 is 0 Å². The summed E-state index contributed by atoms with van der Waals surface area (Å²) in [5, 5.41) is 2.12. The van der Waals surface area contributed by atoms with Crippen molar-refractivity contribution in [1.82, 2.24) is 4.90 Å². The first-order chi connectivity index (χ1) is 3.30. The minimum Gasteiger partial charge on any atom is -0.518 e. The molecular formula is C5H8LiNS. The van der Waals surface area contributed by atoms with E-state index in [0.717, 1.165) is 0 Å². The number of allylic oxidation sites excluding steroid dienone is 1. The Morgan fingerprint density at radius 3 is 2.50 bits per heavy atom. The van der Waals surface area contributed by atoms with Gasteiger partial charge in [-0.25, -0.2) is 0 Å². The Morgan fingerprint density at radius 2 is 2.38 bits per heavy atom. The van der Waals surface area contributed by atoms with Crippen LogP contribution < -0.4 is 18.9 Å². The molecule has 40 valence electrons. The molecule has 1 heterocycles. The zero-order chi connectivity index (χ0) is 5.28. The first-order valence-electron chi connectivity index (χ1n) is 2.19. The van der Waals surface area contributed by atoms with Crippen molar-refractivity contribution in [2.75, 3.05) is 7.05 Å². The van der Waals surface area contributed by atoms with Gasteiger partial charge in [-0.2, -0.15) is 5.88 Å². The molecule has 0 fully saturated rings. The maximum atomic E-state index is 2.12. The third-order valence-electron chi connectivity index (χ3n) is 1.01. The monoisotopic (exact) mass is 121 g/mol. The van der Waals surface area contributed by atoms with Gasteiger partial charge >= 0.3 is 18.9 Å². The Labute approximate surface area is 66.7 Å². The molecule has 0 aromatic rings. The van der Waals surface area contributed by atoms with Gasteiger partial charge in [-0.3, -0.25) is 0 Å². The van der Waals surface area contributed by atoms with Crippen molar-refractivity contribution < 1.29 is 18.9 Å². The molecule has 0 saturated carbocycles. The van der Waals surface area contributed by atoms with Gasteiger partial charge in [0.05, 0.1) is 0 Å². The molecule has 0 radical (unpaired) electrons. The van der Waals surface area contributed by atoms with Crippen molar-refractivity contribution in [3.8, 4) is 0 Å². The predicted octanol–water partition coefficient (Wildman–Crippen LogP) is -1.35. The summed E-state index contributed by atoms with van der Waals surface area (Å²) in [6.07, 6.45) is 0. The van der Waals surface area contributed by atoms with Crippen LogP contribution in [0.25, 0.3) is 0 Å². The van der Waals surface area contributed by atoms with Crippen molar-refractivity contribution in [1.29, 1.82) is 0 Å². The minimum atomic E-state index is 0. The summed E-state index contributed by atoms with van der Waals surface area (Å²) in [6, 6.07) is 0. The first kappa shape index (κ1) is 8.49. The summed E-state index contributed by atoms with van der Waals surface area (Å²) < 4.78 is 0. The van der Waals surface area contributed by atoms with Gasteiger partial charge in [0, 0.05) is 0 Å². The van der Waals surface area contributed by atoms with E-state index in [1.807, 2.05) is 7.05 Å². The minimum absolute atomic E-state index is 0.